The summed E-state index contributed by atoms with van der Waals surface area (Å²) >= 11 is 0. The zero-order chi connectivity index (χ0) is 36.0. The highest BCUT2D eigenvalue weighted by molar-refractivity contribution is 6.19. The van der Waals surface area contributed by atoms with Crippen molar-refractivity contribution in [1.82, 2.24) is 15.0 Å². The molecule has 1 heterocycles. The molecular weight excluding hydrogens is 657 g/mol. The first-order valence-corrected chi connectivity index (χ1v) is 18.0. The molecule has 0 aliphatic heterocycles. The van der Waals surface area contributed by atoms with Gasteiger partial charge in [-0.2, -0.15) is 5.26 Å². The third-order valence-electron chi connectivity index (χ3n) is 10.4. The second-order valence-corrected chi connectivity index (χ2v) is 13.4. The first kappa shape index (κ1) is 31.3. The van der Waals surface area contributed by atoms with Gasteiger partial charge in [0.15, 0.2) is 17.5 Å². The molecule has 250 valence electrons. The maximum absolute atomic E-state index is 10.2. The molecule has 0 fully saturated rings. The SMILES string of the molecule is N#Cc1ccc(-c2ccccc2-c2ccc3c4c(cccc24)-c2ccccc2-3)c(-c2ccccc2-c2nc(-c3ccccc3)nc(-c3ccccc3)n2)c1. The van der Waals surface area contributed by atoms with Gasteiger partial charge in [-0.15, -0.1) is 0 Å². The Bertz CT molecular complexity index is 2860. The molecule has 0 saturated heterocycles. The highest BCUT2D eigenvalue weighted by Crippen LogP contribution is 2.50. The Morgan fingerprint density at radius 3 is 1.31 bits per heavy atom. The van der Waals surface area contributed by atoms with Crippen molar-refractivity contribution < 1.29 is 0 Å². The molecule has 4 nitrogen and oxygen atoms in total. The van der Waals surface area contributed by atoms with Crippen molar-refractivity contribution in [3.8, 4) is 95.9 Å². The summed E-state index contributed by atoms with van der Waals surface area (Å²) < 4.78 is 0. The smallest absolute Gasteiger partial charge is 0.164 e. The normalized spacial score (nSPS) is 11.3. The Morgan fingerprint density at radius 1 is 0.315 bits per heavy atom. The fourth-order valence-corrected chi connectivity index (χ4v) is 7.91. The molecule has 9 aromatic rings. The van der Waals surface area contributed by atoms with E-state index >= 15 is 0 Å². The van der Waals surface area contributed by atoms with Crippen LogP contribution in [-0.2, 0) is 0 Å². The van der Waals surface area contributed by atoms with Crippen molar-refractivity contribution in [1.29, 1.82) is 5.26 Å². The van der Waals surface area contributed by atoms with Crippen molar-refractivity contribution in [2.45, 2.75) is 0 Å². The van der Waals surface area contributed by atoms with Gasteiger partial charge in [-0.1, -0.05) is 170 Å². The predicted molar refractivity (Wildman–Crippen MR) is 219 cm³/mol. The molecule has 0 unspecified atom stereocenters. The highest BCUT2D eigenvalue weighted by Gasteiger charge is 2.24. The van der Waals surface area contributed by atoms with Crippen LogP contribution in [-0.4, -0.2) is 15.0 Å². The Morgan fingerprint density at radius 2 is 0.722 bits per heavy atom. The molecule has 0 spiro atoms. The first-order chi connectivity index (χ1) is 26.7. The molecule has 0 N–H and O–H groups in total. The maximum Gasteiger partial charge on any atom is 0.164 e. The van der Waals surface area contributed by atoms with Crippen LogP contribution in [0.4, 0.5) is 0 Å². The van der Waals surface area contributed by atoms with E-state index in [0.717, 1.165) is 44.5 Å². The largest absolute Gasteiger partial charge is 0.208 e. The van der Waals surface area contributed by atoms with Gasteiger partial charge in [0, 0.05) is 16.7 Å². The summed E-state index contributed by atoms with van der Waals surface area (Å²) in [4.78, 5) is 15.1. The molecule has 0 saturated carbocycles. The van der Waals surface area contributed by atoms with Gasteiger partial charge < -0.3 is 0 Å². The molecule has 4 heteroatoms. The quantitative estimate of drug-likeness (QED) is 0.175. The van der Waals surface area contributed by atoms with Gasteiger partial charge in [0.2, 0.25) is 0 Å². The van der Waals surface area contributed by atoms with Gasteiger partial charge in [-0.05, 0) is 78.5 Å². The number of benzene rings is 8. The number of nitrogens with zero attached hydrogens (tertiary/aromatic N) is 4. The van der Waals surface area contributed by atoms with Crippen molar-refractivity contribution in [3.05, 3.63) is 188 Å². The van der Waals surface area contributed by atoms with Crippen LogP contribution in [0.3, 0.4) is 0 Å². The number of nitriles is 1. The minimum atomic E-state index is 0.562. The van der Waals surface area contributed by atoms with Crippen LogP contribution >= 0.6 is 0 Å². The van der Waals surface area contributed by atoms with Crippen LogP contribution in [0.5, 0.6) is 0 Å². The maximum atomic E-state index is 10.2. The number of hydrogen-bond acceptors (Lipinski definition) is 4. The lowest BCUT2D eigenvalue weighted by Gasteiger charge is -2.18. The van der Waals surface area contributed by atoms with Crippen molar-refractivity contribution in [2.24, 2.45) is 0 Å². The van der Waals surface area contributed by atoms with Crippen LogP contribution in [0.2, 0.25) is 0 Å². The molecule has 1 aliphatic carbocycles. The Hall–Kier alpha value is -7.48. The summed E-state index contributed by atoms with van der Waals surface area (Å²) in [6.45, 7) is 0. The summed E-state index contributed by atoms with van der Waals surface area (Å²) in [6.07, 6.45) is 0. The average Bonchev–Trinajstić information content (AvgIpc) is 3.59. The second kappa shape index (κ2) is 12.9. The zero-order valence-corrected chi connectivity index (χ0v) is 29.1. The van der Waals surface area contributed by atoms with Crippen LogP contribution in [0, 0.1) is 11.3 Å². The number of aromatic nitrogens is 3. The molecule has 8 aromatic carbocycles. The van der Waals surface area contributed by atoms with Crippen LogP contribution < -0.4 is 0 Å². The highest BCUT2D eigenvalue weighted by atomic mass is 15.0. The number of fused-ring (bicyclic) bond motifs is 3. The summed E-state index contributed by atoms with van der Waals surface area (Å²) in [5.74, 6) is 1.76. The minimum absolute atomic E-state index is 0.562. The summed E-state index contributed by atoms with van der Waals surface area (Å²) in [5.41, 5.74) is 14.6. The molecule has 10 rings (SSSR count). The molecule has 0 radical (unpaired) electrons. The first-order valence-electron chi connectivity index (χ1n) is 18.0. The van der Waals surface area contributed by atoms with E-state index in [1.165, 1.54) is 38.6 Å². The summed E-state index contributed by atoms with van der Waals surface area (Å²) in [5, 5.41) is 12.7. The van der Waals surface area contributed by atoms with E-state index in [4.69, 9.17) is 15.0 Å². The summed E-state index contributed by atoms with van der Waals surface area (Å²) in [7, 11) is 0. The Kier molecular flexibility index (Phi) is 7.49. The van der Waals surface area contributed by atoms with Gasteiger partial charge in [-0.25, -0.2) is 15.0 Å². The second-order valence-electron chi connectivity index (χ2n) is 13.4. The Labute approximate surface area is 313 Å². The lowest BCUT2D eigenvalue weighted by atomic mass is 9.85. The molecule has 54 heavy (non-hydrogen) atoms. The van der Waals surface area contributed by atoms with Gasteiger partial charge in [0.1, 0.15) is 0 Å². The van der Waals surface area contributed by atoms with E-state index in [2.05, 4.69) is 103 Å². The van der Waals surface area contributed by atoms with Gasteiger partial charge in [0.25, 0.3) is 0 Å². The topological polar surface area (TPSA) is 62.5 Å². The van der Waals surface area contributed by atoms with E-state index in [0.29, 0.717) is 23.0 Å². The fraction of sp³-hybridized carbons (Fsp3) is 0. The van der Waals surface area contributed by atoms with Crippen molar-refractivity contribution >= 4 is 10.8 Å². The van der Waals surface area contributed by atoms with Gasteiger partial charge in [-0.3, -0.25) is 0 Å². The average molecular weight is 687 g/mol. The molecule has 1 aromatic heterocycles. The van der Waals surface area contributed by atoms with E-state index in [-0.39, 0.29) is 0 Å². The molecular formula is C50H30N4. The lowest BCUT2D eigenvalue weighted by molar-refractivity contribution is 1.07. The summed E-state index contributed by atoms with van der Waals surface area (Å²) in [6, 6.07) is 65.0. The van der Waals surface area contributed by atoms with E-state index < -0.39 is 0 Å². The monoisotopic (exact) mass is 686 g/mol. The standard InChI is InChI=1S/C50H30N4/c51-31-32-26-27-41(36-19-8-7-18-35(36)40-28-29-44-38-21-10-9-20-37(38)42-24-13-25-43(40)47(42)44)46(30-32)39-22-11-12-23-45(39)50-53-48(33-14-3-1-4-15-33)52-49(54-50)34-16-5-2-6-17-34/h1-30H. The molecule has 1 aliphatic rings. The van der Waals surface area contributed by atoms with Crippen molar-refractivity contribution in [3.63, 3.8) is 0 Å². The number of rotatable bonds is 6. The van der Waals surface area contributed by atoms with Crippen LogP contribution in [0.15, 0.2) is 182 Å². The third-order valence-corrected chi connectivity index (χ3v) is 10.4. The van der Waals surface area contributed by atoms with E-state index in [1.54, 1.807) is 0 Å². The Balaban J connectivity index is 1.18. The minimum Gasteiger partial charge on any atom is -0.208 e. The van der Waals surface area contributed by atoms with E-state index in [1.807, 2.05) is 84.9 Å². The van der Waals surface area contributed by atoms with Crippen LogP contribution in [0.1, 0.15) is 5.56 Å². The molecule has 0 amide bonds. The zero-order valence-electron chi connectivity index (χ0n) is 29.1. The lowest BCUT2D eigenvalue weighted by Crippen LogP contribution is -2.01. The third kappa shape index (κ3) is 5.19. The molecule has 0 atom stereocenters. The van der Waals surface area contributed by atoms with Gasteiger partial charge >= 0.3 is 0 Å². The fourth-order valence-electron chi connectivity index (χ4n) is 7.91. The molecule has 0 bridgehead atoms. The van der Waals surface area contributed by atoms with Gasteiger partial charge in [0.05, 0.1) is 11.6 Å². The van der Waals surface area contributed by atoms with E-state index in [9.17, 15) is 5.26 Å². The van der Waals surface area contributed by atoms with Crippen molar-refractivity contribution in [2.75, 3.05) is 0 Å². The predicted octanol–water partition coefficient (Wildman–Crippen LogP) is 12.5. The number of hydrogen-bond donors (Lipinski definition) is 0. The van der Waals surface area contributed by atoms with Crippen LogP contribution in [0.25, 0.3) is 101 Å².